The van der Waals surface area contributed by atoms with Gasteiger partial charge in [-0.3, -0.25) is 4.79 Å². The average Bonchev–Trinajstić information content (AvgIpc) is 2.90. The third-order valence-electron chi connectivity index (χ3n) is 5.56. The standard InChI is InChI=1S/C20H24F2N2O3/c1-12-18(19(25)24-17-7-8-23-11-20(17,21)22)15-9-14(5-6-16(15)27-12)26-10-13-3-2-4-13/h5-6,9,13,17,23H,2-4,7-8,10-11H2,1H3,(H,24,25). The number of alkyl halides is 2. The Morgan fingerprint density at radius 2 is 2.19 bits per heavy atom. The molecule has 7 heteroatoms. The molecular formula is C20H24F2N2O3. The Labute approximate surface area is 156 Å². The third kappa shape index (κ3) is 3.65. The fourth-order valence-corrected chi connectivity index (χ4v) is 3.69. The van der Waals surface area contributed by atoms with Crippen LogP contribution in [-0.4, -0.2) is 37.6 Å². The topological polar surface area (TPSA) is 63.5 Å². The summed E-state index contributed by atoms with van der Waals surface area (Å²) in [5.74, 6) is -1.84. The summed E-state index contributed by atoms with van der Waals surface area (Å²) < 4.78 is 39.6. The number of carbonyl (C=O) groups is 1. The maximum absolute atomic E-state index is 14.0. The van der Waals surface area contributed by atoms with Crippen LogP contribution < -0.4 is 15.4 Å². The number of amides is 1. The number of fused-ring (bicyclic) bond motifs is 1. The van der Waals surface area contributed by atoms with Gasteiger partial charge in [-0.1, -0.05) is 6.42 Å². The zero-order valence-corrected chi connectivity index (χ0v) is 15.3. The summed E-state index contributed by atoms with van der Waals surface area (Å²) in [5.41, 5.74) is 0.846. The molecule has 1 saturated carbocycles. The average molecular weight is 378 g/mol. The van der Waals surface area contributed by atoms with Crippen LogP contribution in [0.15, 0.2) is 22.6 Å². The molecule has 0 spiro atoms. The molecule has 2 aliphatic rings. The van der Waals surface area contributed by atoms with Crippen LogP contribution in [0.25, 0.3) is 11.0 Å². The van der Waals surface area contributed by atoms with E-state index < -0.39 is 24.4 Å². The lowest BCUT2D eigenvalue weighted by Crippen LogP contribution is -2.57. The molecule has 146 valence electrons. The van der Waals surface area contributed by atoms with Crippen molar-refractivity contribution >= 4 is 16.9 Å². The number of aryl methyl sites for hydroxylation is 1. The molecule has 5 nitrogen and oxygen atoms in total. The molecule has 4 rings (SSSR count). The van der Waals surface area contributed by atoms with Gasteiger partial charge in [-0.15, -0.1) is 0 Å². The number of carbonyl (C=O) groups excluding carboxylic acids is 1. The van der Waals surface area contributed by atoms with Gasteiger partial charge in [-0.25, -0.2) is 8.78 Å². The van der Waals surface area contributed by atoms with E-state index in [-0.39, 0.29) is 6.42 Å². The zero-order valence-electron chi connectivity index (χ0n) is 15.3. The first-order valence-corrected chi connectivity index (χ1v) is 9.49. The molecule has 1 aliphatic heterocycles. The second kappa shape index (κ2) is 7.11. The summed E-state index contributed by atoms with van der Waals surface area (Å²) in [6.07, 6.45) is 3.80. The summed E-state index contributed by atoms with van der Waals surface area (Å²) in [7, 11) is 0. The molecule has 2 heterocycles. The largest absolute Gasteiger partial charge is 0.493 e. The first-order chi connectivity index (χ1) is 12.9. The van der Waals surface area contributed by atoms with Crippen molar-refractivity contribution in [3.8, 4) is 5.75 Å². The minimum Gasteiger partial charge on any atom is -0.493 e. The Morgan fingerprint density at radius 3 is 2.89 bits per heavy atom. The lowest BCUT2D eigenvalue weighted by Gasteiger charge is -2.32. The zero-order chi connectivity index (χ0) is 19.0. The van der Waals surface area contributed by atoms with E-state index in [4.69, 9.17) is 9.15 Å². The molecule has 1 atom stereocenters. The first-order valence-electron chi connectivity index (χ1n) is 9.49. The van der Waals surface area contributed by atoms with E-state index in [1.54, 1.807) is 19.1 Å². The van der Waals surface area contributed by atoms with E-state index in [0.717, 1.165) is 0 Å². The van der Waals surface area contributed by atoms with E-state index >= 15 is 0 Å². The van der Waals surface area contributed by atoms with E-state index in [0.29, 0.717) is 47.1 Å². The Kier molecular flexibility index (Phi) is 4.80. The highest BCUT2D eigenvalue weighted by molar-refractivity contribution is 6.07. The van der Waals surface area contributed by atoms with Crippen LogP contribution in [0.2, 0.25) is 0 Å². The van der Waals surface area contributed by atoms with Gasteiger partial charge in [0.2, 0.25) is 0 Å². The molecule has 1 saturated heterocycles. The van der Waals surface area contributed by atoms with Gasteiger partial charge >= 0.3 is 0 Å². The molecule has 1 aromatic carbocycles. The van der Waals surface area contributed by atoms with Gasteiger partial charge in [0.25, 0.3) is 11.8 Å². The normalized spacial score (nSPS) is 22.4. The molecule has 2 aromatic rings. The van der Waals surface area contributed by atoms with Gasteiger partial charge < -0.3 is 19.8 Å². The summed E-state index contributed by atoms with van der Waals surface area (Å²) in [4.78, 5) is 12.8. The quantitative estimate of drug-likeness (QED) is 0.834. The highest BCUT2D eigenvalue weighted by Crippen LogP contribution is 2.32. The number of nitrogens with one attached hydrogen (secondary N) is 2. The summed E-state index contributed by atoms with van der Waals surface area (Å²) in [6.45, 7) is 2.35. The molecule has 27 heavy (non-hydrogen) atoms. The van der Waals surface area contributed by atoms with Crippen LogP contribution in [-0.2, 0) is 0 Å². The fourth-order valence-electron chi connectivity index (χ4n) is 3.69. The van der Waals surface area contributed by atoms with Gasteiger partial charge in [0.1, 0.15) is 17.1 Å². The van der Waals surface area contributed by atoms with Gasteiger partial charge in [0.05, 0.1) is 24.8 Å². The van der Waals surface area contributed by atoms with Crippen molar-refractivity contribution in [2.75, 3.05) is 19.7 Å². The van der Waals surface area contributed by atoms with Crippen LogP contribution in [0.3, 0.4) is 0 Å². The van der Waals surface area contributed by atoms with Crippen molar-refractivity contribution in [1.82, 2.24) is 10.6 Å². The Balaban J connectivity index is 1.55. The molecule has 0 radical (unpaired) electrons. The minimum atomic E-state index is -2.97. The van der Waals surface area contributed by atoms with Crippen molar-refractivity contribution in [3.63, 3.8) is 0 Å². The number of ether oxygens (including phenoxy) is 1. The van der Waals surface area contributed by atoms with Crippen molar-refractivity contribution in [2.45, 2.75) is 44.6 Å². The number of hydrogen-bond acceptors (Lipinski definition) is 4. The molecule has 1 aliphatic carbocycles. The second-order valence-corrected chi connectivity index (χ2v) is 7.55. The molecular weight excluding hydrogens is 354 g/mol. The van der Waals surface area contributed by atoms with E-state index in [9.17, 15) is 13.6 Å². The summed E-state index contributed by atoms with van der Waals surface area (Å²) in [6, 6.07) is 4.15. The second-order valence-electron chi connectivity index (χ2n) is 7.55. The number of benzene rings is 1. The molecule has 0 bridgehead atoms. The molecule has 2 N–H and O–H groups in total. The van der Waals surface area contributed by atoms with Crippen LogP contribution in [0.4, 0.5) is 8.78 Å². The number of rotatable bonds is 5. The molecule has 2 fully saturated rings. The number of halogens is 2. The molecule has 1 unspecified atom stereocenters. The Morgan fingerprint density at radius 1 is 1.37 bits per heavy atom. The fraction of sp³-hybridized carbons (Fsp3) is 0.550. The Bertz CT molecular complexity index is 845. The van der Waals surface area contributed by atoms with E-state index in [2.05, 4.69) is 10.6 Å². The Hall–Kier alpha value is -2.15. The maximum atomic E-state index is 14.0. The van der Waals surface area contributed by atoms with Crippen LogP contribution in [0.1, 0.15) is 41.8 Å². The SMILES string of the molecule is Cc1oc2ccc(OCC3CCC3)cc2c1C(=O)NC1CCNCC1(F)F. The number of furan rings is 1. The molecule has 1 amide bonds. The monoisotopic (exact) mass is 378 g/mol. The smallest absolute Gasteiger partial charge is 0.280 e. The van der Waals surface area contributed by atoms with Gasteiger partial charge in [0, 0.05) is 5.39 Å². The predicted molar refractivity (Wildman–Crippen MR) is 97.5 cm³/mol. The van der Waals surface area contributed by atoms with Gasteiger partial charge in [-0.2, -0.15) is 0 Å². The lowest BCUT2D eigenvalue weighted by atomic mass is 9.86. The first kappa shape index (κ1) is 18.2. The molecule has 1 aromatic heterocycles. The maximum Gasteiger partial charge on any atom is 0.280 e. The minimum absolute atomic E-state index is 0.184. The lowest BCUT2D eigenvalue weighted by molar-refractivity contribution is -0.0487. The van der Waals surface area contributed by atoms with Crippen molar-refractivity contribution in [1.29, 1.82) is 0 Å². The van der Waals surface area contributed by atoms with Crippen LogP contribution in [0, 0.1) is 12.8 Å². The number of hydrogen-bond donors (Lipinski definition) is 2. The van der Waals surface area contributed by atoms with E-state index in [1.807, 2.05) is 6.07 Å². The van der Waals surface area contributed by atoms with Crippen molar-refractivity contribution in [2.24, 2.45) is 5.92 Å². The number of piperidine rings is 1. The highest BCUT2D eigenvalue weighted by atomic mass is 19.3. The summed E-state index contributed by atoms with van der Waals surface area (Å²) in [5, 5.41) is 5.75. The van der Waals surface area contributed by atoms with Gasteiger partial charge in [0.15, 0.2) is 0 Å². The summed E-state index contributed by atoms with van der Waals surface area (Å²) >= 11 is 0. The predicted octanol–water partition coefficient (Wildman–Crippen LogP) is 3.65. The van der Waals surface area contributed by atoms with Crippen molar-refractivity contribution < 1.29 is 22.7 Å². The highest BCUT2D eigenvalue weighted by Gasteiger charge is 2.42. The van der Waals surface area contributed by atoms with E-state index in [1.165, 1.54) is 19.3 Å². The van der Waals surface area contributed by atoms with Crippen LogP contribution in [0.5, 0.6) is 5.75 Å². The van der Waals surface area contributed by atoms with Gasteiger partial charge in [-0.05, 0) is 56.8 Å². The van der Waals surface area contributed by atoms with Crippen LogP contribution >= 0.6 is 0 Å². The van der Waals surface area contributed by atoms with Crippen molar-refractivity contribution in [3.05, 3.63) is 29.5 Å². The third-order valence-corrected chi connectivity index (χ3v) is 5.56.